The van der Waals surface area contributed by atoms with Crippen LogP contribution in [0, 0.1) is 0 Å². The molecule has 0 bridgehead atoms. The van der Waals surface area contributed by atoms with E-state index in [0.29, 0.717) is 32.8 Å². The Bertz CT molecular complexity index is 965. The van der Waals surface area contributed by atoms with Gasteiger partial charge in [-0.3, -0.25) is 14.3 Å². The van der Waals surface area contributed by atoms with Gasteiger partial charge in [-0.25, -0.2) is 4.79 Å². The van der Waals surface area contributed by atoms with Crippen LogP contribution < -0.4 is 0 Å². The van der Waals surface area contributed by atoms with Gasteiger partial charge in [-0.2, -0.15) is 0 Å². The Morgan fingerprint density at radius 3 is 2.00 bits per heavy atom. The van der Waals surface area contributed by atoms with E-state index < -0.39 is 0 Å². The van der Waals surface area contributed by atoms with Gasteiger partial charge in [0.15, 0.2) is 0 Å². The fraction of sp³-hybridized carbons (Fsp3) is 0.364. The molecule has 3 aromatic rings. The number of amides is 1. The Balaban J connectivity index is 1.59. The van der Waals surface area contributed by atoms with Crippen LogP contribution in [-0.4, -0.2) is 65.2 Å². The Morgan fingerprint density at radius 1 is 0.929 bits per heavy atom. The third-order valence-electron chi connectivity index (χ3n) is 5.55. The van der Waals surface area contributed by atoms with Crippen LogP contribution in [0.4, 0.5) is 4.79 Å². The second-order valence-corrected chi connectivity index (χ2v) is 7.11. The maximum absolute atomic E-state index is 13.5. The molecule has 1 aliphatic heterocycles. The van der Waals surface area contributed by atoms with Crippen LogP contribution in [0.3, 0.4) is 0 Å². The molecule has 0 aliphatic carbocycles. The maximum atomic E-state index is 13.5. The summed E-state index contributed by atoms with van der Waals surface area (Å²) in [5.41, 5.74) is 1.87. The SMILES string of the molecule is CCOC(=O)N1CCN(C(C)C(=O)n2c3ccccc3c3ccccc32)CC1. The third kappa shape index (κ3) is 3.14. The number of hydrogen-bond acceptors (Lipinski definition) is 4. The number of nitrogens with zero attached hydrogens (tertiary/aromatic N) is 3. The summed E-state index contributed by atoms with van der Waals surface area (Å²) in [6.45, 7) is 6.59. The molecule has 6 nitrogen and oxygen atoms in total. The highest BCUT2D eigenvalue weighted by atomic mass is 16.6. The molecule has 1 aromatic heterocycles. The summed E-state index contributed by atoms with van der Waals surface area (Å²) in [6, 6.07) is 15.8. The molecule has 0 saturated carbocycles. The Hall–Kier alpha value is -2.86. The number of carbonyl (C=O) groups is 2. The molecule has 0 spiro atoms. The molecule has 2 aromatic carbocycles. The fourth-order valence-corrected chi connectivity index (χ4v) is 4.01. The molecule has 28 heavy (non-hydrogen) atoms. The minimum absolute atomic E-state index is 0.0574. The molecule has 1 unspecified atom stereocenters. The van der Waals surface area contributed by atoms with Crippen LogP contribution in [0.15, 0.2) is 48.5 Å². The molecule has 146 valence electrons. The summed E-state index contributed by atoms with van der Waals surface area (Å²) in [7, 11) is 0. The second kappa shape index (κ2) is 7.64. The van der Waals surface area contributed by atoms with E-state index in [1.54, 1.807) is 11.8 Å². The van der Waals surface area contributed by atoms with Crippen LogP contribution >= 0.6 is 0 Å². The predicted molar refractivity (Wildman–Crippen MR) is 110 cm³/mol. The number of benzene rings is 2. The van der Waals surface area contributed by atoms with Gasteiger partial charge in [-0.15, -0.1) is 0 Å². The van der Waals surface area contributed by atoms with Crippen molar-refractivity contribution in [3.05, 3.63) is 48.5 Å². The Morgan fingerprint density at radius 2 is 1.46 bits per heavy atom. The van der Waals surface area contributed by atoms with Crippen molar-refractivity contribution in [2.45, 2.75) is 19.9 Å². The van der Waals surface area contributed by atoms with Crippen LogP contribution in [-0.2, 0) is 4.74 Å². The van der Waals surface area contributed by atoms with Crippen LogP contribution in [0.2, 0.25) is 0 Å². The molecule has 2 heterocycles. The minimum atomic E-state index is -0.275. The number of rotatable bonds is 3. The van der Waals surface area contributed by atoms with Gasteiger partial charge >= 0.3 is 6.09 Å². The third-order valence-corrected chi connectivity index (χ3v) is 5.55. The molecule has 1 amide bonds. The predicted octanol–water partition coefficient (Wildman–Crippen LogP) is 3.60. The zero-order chi connectivity index (χ0) is 19.7. The first-order valence-electron chi connectivity index (χ1n) is 9.80. The van der Waals surface area contributed by atoms with Crippen LogP contribution in [0.5, 0.6) is 0 Å². The largest absolute Gasteiger partial charge is 0.450 e. The first-order chi connectivity index (χ1) is 13.6. The number of para-hydroxylation sites is 2. The molecule has 1 saturated heterocycles. The lowest BCUT2D eigenvalue weighted by molar-refractivity contribution is 0.0561. The molecule has 0 radical (unpaired) electrons. The summed E-state index contributed by atoms with van der Waals surface area (Å²) in [5, 5.41) is 2.18. The van der Waals surface area contributed by atoms with E-state index in [1.165, 1.54) is 0 Å². The molecule has 4 rings (SSSR count). The summed E-state index contributed by atoms with van der Waals surface area (Å²) >= 11 is 0. The number of aromatic nitrogens is 1. The number of carbonyl (C=O) groups excluding carboxylic acids is 2. The quantitative estimate of drug-likeness (QED) is 0.698. The smallest absolute Gasteiger partial charge is 0.409 e. The van der Waals surface area contributed by atoms with E-state index in [1.807, 2.05) is 47.9 Å². The van der Waals surface area contributed by atoms with Crippen molar-refractivity contribution in [2.24, 2.45) is 0 Å². The molecule has 6 heteroatoms. The number of fused-ring (bicyclic) bond motifs is 3. The van der Waals surface area contributed by atoms with Crippen molar-refractivity contribution >= 4 is 33.8 Å². The summed E-state index contributed by atoms with van der Waals surface area (Å²) in [6.07, 6.45) is -0.275. The van der Waals surface area contributed by atoms with Gasteiger partial charge in [0.1, 0.15) is 0 Å². The van der Waals surface area contributed by atoms with Crippen LogP contribution in [0.1, 0.15) is 18.6 Å². The Labute approximate surface area is 164 Å². The zero-order valence-electron chi connectivity index (χ0n) is 16.3. The monoisotopic (exact) mass is 379 g/mol. The summed E-state index contributed by atoms with van der Waals surface area (Å²) in [5.74, 6) is 0.0574. The van der Waals surface area contributed by atoms with Gasteiger partial charge in [0.25, 0.3) is 0 Å². The van der Waals surface area contributed by atoms with Gasteiger partial charge in [-0.05, 0) is 26.0 Å². The van der Waals surface area contributed by atoms with E-state index in [9.17, 15) is 9.59 Å². The van der Waals surface area contributed by atoms with E-state index in [0.717, 1.165) is 21.8 Å². The highest BCUT2D eigenvalue weighted by Crippen LogP contribution is 2.29. The van der Waals surface area contributed by atoms with Crippen molar-refractivity contribution in [1.82, 2.24) is 14.4 Å². The molecule has 1 aliphatic rings. The van der Waals surface area contributed by atoms with Gasteiger partial charge < -0.3 is 9.64 Å². The number of hydrogen-bond donors (Lipinski definition) is 0. The highest BCUT2D eigenvalue weighted by molar-refractivity contribution is 6.13. The van der Waals surface area contributed by atoms with Crippen molar-refractivity contribution in [2.75, 3.05) is 32.8 Å². The van der Waals surface area contributed by atoms with Crippen molar-refractivity contribution in [3.8, 4) is 0 Å². The fourth-order valence-electron chi connectivity index (χ4n) is 4.01. The average molecular weight is 379 g/mol. The average Bonchev–Trinajstić information content (AvgIpc) is 3.07. The summed E-state index contributed by atoms with van der Waals surface area (Å²) < 4.78 is 6.92. The van der Waals surface area contributed by atoms with Gasteiger partial charge in [0.2, 0.25) is 5.91 Å². The van der Waals surface area contributed by atoms with E-state index in [4.69, 9.17) is 4.74 Å². The molecular weight excluding hydrogens is 354 g/mol. The molecular formula is C22H25N3O3. The van der Waals surface area contributed by atoms with Gasteiger partial charge in [0.05, 0.1) is 23.7 Å². The Kier molecular flexibility index (Phi) is 5.05. The minimum Gasteiger partial charge on any atom is -0.450 e. The van der Waals surface area contributed by atoms with E-state index >= 15 is 0 Å². The molecule has 1 atom stereocenters. The second-order valence-electron chi connectivity index (χ2n) is 7.11. The van der Waals surface area contributed by atoms with Crippen molar-refractivity contribution in [3.63, 3.8) is 0 Å². The zero-order valence-corrected chi connectivity index (χ0v) is 16.3. The lowest BCUT2D eigenvalue weighted by atomic mass is 10.2. The van der Waals surface area contributed by atoms with Crippen LogP contribution in [0.25, 0.3) is 21.8 Å². The first-order valence-corrected chi connectivity index (χ1v) is 9.80. The normalized spacial score (nSPS) is 16.4. The van der Waals surface area contributed by atoms with Crippen molar-refractivity contribution < 1.29 is 14.3 Å². The first kappa shape index (κ1) is 18.5. The van der Waals surface area contributed by atoms with Crippen molar-refractivity contribution in [1.29, 1.82) is 0 Å². The molecule has 0 N–H and O–H groups in total. The molecule has 1 fully saturated rings. The maximum Gasteiger partial charge on any atom is 0.409 e. The van der Waals surface area contributed by atoms with Gasteiger partial charge in [0, 0.05) is 37.0 Å². The topological polar surface area (TPSA) is 54.8 Å². The standard InChI is InChI=1S/C22H25N3O3/c1-3-28-22(27)24-14-12-23(13-15-24)16(2)21(26)25-19-10-6-4-8-17(19)18-9-5-7-11-20(18)25/h4-11,16H,3,12-15H2,1-2H3. The van der Waals surface area contributed by atoms with E-state index in [2.05, 4.69) is 17.0 Å². The highest BCUT2D eigenvalue weighted by Gasteiger charge is 2.30. The van der Waals surface area contributed by atoms with Gasteiger partial charge in [-0.1, -0.05) is 36.4 Å². The lowest BCUT2D eigenvalue weighted by Crippen LogP contribution is -2.53. The summed E-state index contributed by atoms with van der Waals surface area (Å²) in [4.78, 5) is 29.2. The number of ether oxygens (including phenoxy) is 1. The number of piperazine rings is 1. The lowest BCUT2D eigenvalue weighted by Gasteiger charge is -2.36. The van der Waals surface area contributed by atoms with E-state index in [-0.39, 0.29) is 18.0 Å².